The fourth-order valence-corrected chi connectivity index (χ4v) is 4.43. The van der Waals surface area contributed by atoms with E-state index >= 15 is 0 Å². The molecule has 176 valence electrons. The number of pyridine rings is 1. The Bertz CT molecular complexity index is 1510. The molecule has 1 aliphatic heterocycles. The summed E-state index contributed by atoms with van der Waals surface area (Å²) in [6.45, 7) is 4.22. The van der Waals surface area contributed by atoms with Crippen molar-refractivity contribution >= 4 is 22.5 Å². The van der Waals surface area contributed by atoms with Gasteiger partial charge in [-0.05, 0) is 68.8 Å². The first-order valence-electron chi connectivity index (χ1n) is 11.5. The van der Waals surface area contributed by atoms with Crippen molar-refractivity contribution in [1.82, 2.24) is 39.8 Å². The summed E-state index contributed by atoms with van der Waals surface area (Å²) < 4.78 is 17.7. The van der Waals surface area contributed by atoms with Crippen molar-refractivity contribution in [2.24, 2.45) is 0 Å². The molecule has 35 heavy (non-hydrogen) atoms. The van der Waals surface area contributed by atoms with Gasteiger partial charge in [-0.1, -0.05) is 0 Å². The number of aryl methyl sites for hydroxylation is 2. The van der Waals surface area contributed by atoms with Gasteiger partial charge in [-0.15, -0.1) is 5.10 Å². The minimum Gasteiger partial charge on any atom is -0.339 e. The first kappa shape index (κ1) is 21.4. The number of benzene rings is 1. The number of nitrogens with zero attached hydrogens (tertiary/aromatic N) is 7. The lowest BCUT2D eigenvalue weighted by Gasteiger charge is -2.17. The van der Waals surface area contributed by atoms with Crippen LogP contribution in [0.2, 0.25) is 0 Å². The summed E-state index contributed by atoms with van der Waals surface area (Å²) in [7, 11) is 0. The fraction of sp³-hybridized carbons (Fsp3) is 0.240. The highest BCUT2D eigenvalue weighted by Crippen LogP contribution is 2.31. The molecule has 6 rings (SSSR count). The number of halogens is 1. The van der Waals surface area contributed by atoms with Crippen LogP contribution in [-0.2, 0) is 0 Å². The van der Waals surface area contributed by atoms with E-state index in [1.165, 1.54) is 0 Å². The van der Waals surface area contributed by atoms with Gasteiger partial charge in [-0.2, -0.15) is 10.2 Å². The molecule has 0 bridgehead atoms. The monoisotopic (exact) mass is 469 g/mol. The summed E-state index contributed by atoms with van der Waals surface area (Å²) in [6.07, 6.45) is 3.06. The van der Waals surface area contributed by atoms with Crippen LogP contribution in [0.15, 0.2) is 61.1 Å². The van der Waals surface area contributed by atoms with Gasteiger partial charge in [0.05, 0.1) is 16.7 Å². The van der Waals surface area contributed by atoms with Gasteiger partial charge in [-0.25, -0.2) is 19.0 Å². The molecule has 1 fully saturated rings. The summed E-state index contributed by atoms with van der Waals surface area (Å²) in [5.74, 6) is 2.07. The van der Waals surface area contributed by atoms with Crippen molar-refractivity contribution in [3.05, 3.63) is 78.0 Å². The van der Waals surface area contributed by atoms with Crippen LogP contribution in [0.1, 0.15) is 29.4 Å². The van der Waals surface area contributed by atoms with Gasteiger partial charge in [-0.3, -0.25) is 4.57 Å². The first-order chi connectivity index (χ1) is 17.0. The van der Waals surface area contributed by atoms with Crippen LogP contribution < -0.4 is 10.6 Å². The third kappa shape index (κ3) is 4.01. The van der Waals surface area contributed by atoms with E-state index in [-0.39, 0.29) is 6.04 Å². The molecule has 0 aliphatic carbocycles. The van der Waals surface area contributed by atoms with Crippen LogP contribution in [0.5, 0.6) is 0 Å². The number of hydrogen-bond donors (Lipinski definition) is 2. The number of fused-ring (bicyclic) bond motifs is 1. The van der Waals surface area contributed by atoms with Crippen molar-refractivity contribution in [1.29, 1.82) is 0 Å². The Balaban J connectivity index is 1.38. The van der Waals surface area contributed by atoms with E-state index in [2.05, 4.69) is 30.9 Å². The third-order valence-corrected chi connectivity index (χ3v) is 6.24. The van der Waals surface area contributed by atoms with Gasteiger partial charge in [0.2, 0.25) is 0 Å². The molecule has 1 aromatic carbocycles. The average Bonchev–Trinajstić information content (AvgIpc) is 3.60. The van der Waals surface area contributed by atoms with Crippen molar-refractivity contribution in [3.63, 3.8) is 0 Å². The van der Waals surface area contributed by atoms with Crippen molar-refractivity contribution in [3.8, 4) is 11.6 Å². The summed E-state index contributed by atoms with van der Waals surface area (Å²) in [5.41, 5.74) is 5.34. The topological polar surface area (TPSA) is 98.4 Å². The molecule has 5 heterocycles. The summed E-state index contributed by atoms with van der Waals surface area (Å²) >= 11 is 0. The van der Waals surface area contributed by atoms with Gasteiger partial charge in [0.25, 0.3) is 0 Å². The van der Waals surface area contributed by atoms with Crippen LogP contribution in [0.25, 0.3) is 22.7 Å². The van der Waals surface area contributed by atoms with Crippen LogP contribution >= 0.6 is 0 Å². The Morgan fingerprint density at radius 3 is 2.71 bits per heavy atom. The Morgan fingerprint density at radius 2 is 1.97 bits per heavy atom. The van der Waals surface area contributed by atoms with Crippen LogP contribution in [0, 0.1) is 13.8 Å². The Morgan fingerprint density at radius 1 is 1.06 bits per heavy atom. The number of alkyl halides is 1. The van der Waals surface area contributed by atoms with Gasteiger partial charge in [0.15, 0.2) is 11.6 Å². The fourth-order valence-electron chi connectivity index (χ4n) is 4.43. The zero-order valence-electron chi connectivity index (χ0n) is 19.4. The Kier molecular flexibility index (Phi) is 5.22. The summed E-state index contributed by atoms with van der Waals surface area (Å²) in [6, 6.07) is 15.5. The predicted octanol–water partition coefficient (Wildman–Crippen LogP) is 4.13. The molecule has 1 aliphatic rings. The van der Waals surface area contributed by atoms with E-state index in [4.69, 9.17) is 4.98 Å². The molecule has 0 spiro atoms. The average molecular weight is 470 g/mol. The number of imidazole rings is 1. The molecule has 5 aromatic rings. The van der Waals surface area contributed by atoms with E-state index in [9.17, 15) is 4.39 Å². The number of aromatic nitrogens is 7. The molecule has 2 N–H and O–H groups in total. The molecule has 0 saturated carbocycles. The predicted molar refractivity (Wildman–Crippen MR) is 131 cm³/mol. The minimum absolute atomic E-state index is 0.108. The van der Waals surface area contributed by atoms with Gasteiger partial charge in [0.1, 0.15) is 18.3 Å². The van der Waals surface area contributed by atoms with E-state index in [0.717, 1.165) is 33.7 Å². The lowest BCUT2D eigenvalue weighted by molar-refractivity contribution is 0.356. The standard InChI is InChI=1S/C25H24FN9/c1-15-3-7-23(33-32-15)30-18-4-6-22-21(12-18)28-14-34(22)24-8-5-19(20-11-17(26)13-27-20)25(31-24)35-16(2)9-10-29-35/h3-10,12,14,17,20,27H,11,13H2,1-2H3,(H,30,33)/t17-,20+/m1/s1. The molecule has 1 saturated heterocycles. The lowest BCUT2D eigenvalue weighted by Crippen LogP contribution is -2.18. The van der Waals surface area contributed by atoms with Gasteiger partial charge in [0, 0.05) is 35.7 Å². The largest absolute Gasteiger partial charge is 0.339 e. The van der Waals surface area contributed by atoms with Gasteiger partial charge < -0.3 is 10.6 Å². The highest BCUT2D eigenvalue weighted by atomic mass is 19.1. The molecule has 10 heteroatoms. The minimum atomic E-state index is -0.863. The van der Waals surface area contributed by atoms with Crippen LogP contribution in [-0.4, -0.2) is 47.2 Å². The highest BCUT2D eigenvalue weighted by Gasteiger charge is 2.28. The number of hydrogen-bond acceptors (Lipinski definition) is 7. The second-order valence-electron chi connectivity index (χ2n) is 8.76. The molecule has 0 amide bonds. The van der Waals surface area contributed by atoms with E-state index in [1.54, 1.807) is 17.2 Å². The van der Waals surface area contributed by atoms with Gasteiger partial charge >= 0.3 is 0 Å². The smallest absolute Gasteiger partial charge is 0.160 e. The zero-order valence-corrected chi connectivity index (χ0v) is 19.4. The van der Waals surface area contributed by atoms with Crippen molar-refractivity contribution < 1.29 is 4.39 Å². The molecular weight excluding hydrogens is 445 g/mol. The maximum absolute atomic E-state index is 13.9. The quantitative estimate of drug-likeness (QED) is 0.399. The number of rotatable bonds is 5. The maximum Gasteiger partial charge on any atom is 0.160 e. The Labute approximate surface area is 201 Å². The zero-order chi connectivity index (χ0) is 23.9. The second-order valence-corrected chi connectivity index (χ2v) is 8.76. The van der Waals surface area contributed by atoms with Crippen molar-refractivity contribution in [2.45, 2.75) is 32.5 Å². The normalized spacial score (nSPS) is 17.8. The van der Waals surface area contributed by atoms with E-state index in [0.29, 0.717) is 30.4 Å². The number of anilines is 2. The number of nitrogens with one attached hydrogen (secondary N) is 2. The molecule has 9 nitrogen and oxygen atoms in total. The summed E-state index contributed by atoms with van der Waals surface area (Å²) in [5, 5.41) is 19.2. The van der Waals surface area contributed by atoms with Crippen molar-refractivity contribution in [2.75, 3.05) is 11.9 Å². The van der Waals surface area contributed by atoms with E-state index < -0.39 is 6.17 Å². The lowest BCUT2D eigenvalue weighted by atomic mass is 10.1. The van der Waals surface area contributed by atoms with Crippen LogP contribution in [0.4, 0.5) is 15.9 Å². The first-order valence-corrected chi connectivity index (χ1v) is 11.5. The third-order valence-electron chi connectivity index (χ3n) is 6.24. The molecule has 0 unspecified atom stereocenters. The second kappa shape index (κ2) is 8.55. The molecule has 0 radical (unpaired) electrons. The molecular formula is C25H24FN9. The SMILES string of the molecule is Cc1ccc(Nc2ccc3c(c2)ncn3-c2ccc([C@@H]3C[C@@H](F)CN3)c(-n3nccc3C)n2)nn1. The summed E-state index contributed by atoms with van der Waals surface area (Å²) in [4.78, 5) is 9.56. The maximum atomic E-state index is 13.9. The van der Waals surface area contributed by atoms with Crippen LogP contribution in [0.3, 0.4) is 0 Å². The molecule has 4 aromatic heterocycles. The Hall–Kier alpha value is -4.18. The van der Waals surface area contributed by atoms with E-state index in [1.807, 2.05) is 66.9 Å². The highest BCUT2D eigenvalue weighted by molar-refractivity contribution is 5.82. The molecule has 2 atom stereocenters.